The molecule has 0 N–H and O–H groups in total. The molecular formula is C11H3F6O4S2-. The Morgan fingerprint density at radius 3 is 1.52 bits per heavy atom. The van der Waals surface area contributed by atoms with Crippen molar-refractivity contribution in [1.29, 1.82) is 0 Å². The SMILES string of the molecule is COSc1c(F)c(F)c(SOO[O-])c2c(F)c(F)c(F)c(F)c12. The van der Waals surface area contributed by atoms with Gasteiger partial charge in [0.25, 0.3) is 0 Å². The van der Waals surface area contributed by atoms with Gasteiger partial charge in [0, 0.05) is 22.8 Å². The van der Waals surface area contributed by atoms with Crippen molar-refractivity contribution in [1.82, 2.24) is 0 Å². The molecule has 126 valence electrons. The number of benzene rings is 2. The molecule has 0 aliphatic carbocycles. The molecule has 0 aromatic heterocycles. The Labute approximate surface area is 132 Å². The quantitative estimate of drug-likeness (QED) is 0.198. The summed E-state index contributed by atoms with van der Waals surface area (Å²) in [6.07, 6.45) is 0. The van der Waals surface area contributed by atoms with Gasteiger partial charge in [-0.15, -0.1) is 0 Å². The first-order chi connectivity index (χ1) is 10.9. The van der Waals surface area contributed by atoms with Crippen molar-refractivity contribution in [3.05, 3.63) is 34.9 Å². The molecule has 0 spiro atoms. The van der Waals surface area contributed by atoms with Crippen LogP contribution in [0.5, 0.6) is 0 Å². The summed E-state index contributed by atoms with van der Waals surface area (Å²) in [5.74, 6) is -12.0. The molecule has 0 radical (unpaired) electrons. The van der Waals surface area contributed by atoms with Crippen LogP contribution in [0.3, 0.4) is 0 Å². The molecule has 2 rings (SSSR count). The van der Waals surface area contributed by atoms with Crippen LogP contribution in [-0.2, 0) is 13.6 Å². The molecule has 2 aromatic carbocycles. The first-order valence-electron chi connectivity index (χ1n) is 5.37. The van der Waals surface area contributed by atoms with E-state index in [1.807, 2.05) is 0 Å². The van der Waals surface area contributed by atoms with Crippen molar-refractivity contribution in [2.24, 2.45) is 0 Å². The van der Waals surface area contributed by atoms with Crippen LogP contribution in [0.15, 0.2) is 9.79 Å². The molecule has 4 nitrogen and oxygen atoms in total. The smallest absolute Gasteiger partial charge is 0.198 e. The van der Waals surface area contributed by atoms with E-state index in [-0.39, 0.29) is 24.1 Å². The van der Waals surface area contributed by atoms with Crippen molar-refractivity contribution in [3.8, 4) is 0 Å². The van der Waals surface area contributed by atoms with E-state index in [2.05, 4.69) is 13.6 Å². The molecule has 0 unspecified atom stereocenters. The van der Waals surface area contributed by atoms with E-state index in [1.54, 1.807) is 0 Å². The lowest BCUT2D eigenvalue weighted by atomic mass is 10.1. The molecule has 23 heavy (non-hydrogen) atoms. The van der Waals surface area contributed by atoms with Crippen molar-refractivity contribution in [2.75, 3.05) is 7.11 Å². The standard InChI is InChI=1S/C11H4F6O4S2/c1-19-22-10-2-3(5(13)7(15)6(14)4(2)12)11(23-21-20-18)9(17)8(10)16/h18H,1H3/p-1. The fourth-order valence-corrected chi connectivity index (χ4v) is 2.90. The van der Waals surface area contributed by atoms with Crippen LogP contribution in [0.25, 0.3) is 10.8 Å². The molecule has 0 fully saturated rings. The summed E-state index contributed by atoms with van der Waals surface area (Å²) in [4.78, 5) is -2.10. The molecule has 0 aliphatic heterocycles. The number of hydrogen-bond donors (Lipinski definition) is 0. The first kappa shape index (κ1) is 18.2. The highest BCUT2D eigenvalue weighted by Crippen LogP contribution is 2.43. The lowest BCUT2D eigenvalue weighted by Crippen LogP contribution is -2.06. The van der Waals surface area contributed by atoms with E-state index >= 15 is 0 Å². The lowest BCUT2D eigenvalue weighted by Gasteiger charge is -2.15. The van der Waals surface area contributed by atoms with Gasteiger partial charge in [0.1, 0.15) is 0 Å². The maximum atomic E-state index is 14.0. The average Bonchev–Trinajstić information content (AvgIpc) is 2.54. The van der Waals surface area contributed by atoms with Gasteiger partial charge in [0.05, 0.1) is 28.9 Å². The Balaban J connectivity index is 3.01. The zero-order valence-corrected chi connectivity index (χ0v) is 12.4. The van der Waals surface area contributed by atoms with Gasteiger partial charge >= 0.3 is 0 Å². The first-order valence-corrected chi connectivity index (χ1v) is 6.85. The third-order valence-electron chi connectivity index (χ3n) is 2.62. The van der Waals surface area contributed by atoms with Crippen molar-refractivity contribution in [2.45, 2.75) is 9.79 Å². The minimum atomic E-state index is -2.25. The Kier molecular flexibility index (Phi) is 5.65. The van der Waals surface area contributed by atoms with Gasteiger partial charge in [-0.1, -0.05) is 0 Å². The largest absolute Gasteiger partial charge is 0.691 e. The maximum absolute atomic E-state index is 14.0. The van der Waals surface area contributed by atoms with Gasteiger partial charge in [-0.3, -0.25) is 5.04 Å². The minimum absolute atomic E-state index is 0.0617. The van der Waals surface area contributed by atoms with Gasteiger partial charge < -0.3 is 9.44 Å². The van der Waals surface area contributed by atoms with Gasteiger partial charge in [0.2, 0.25) is 0 Å². The van der Waals surface area contributed by atoms with Crippen LogP contribution in [0, 0.1) is 34.9 Å². The fourth-order valence-electron chi connectivity index (χ4n) is 1.76. The second-order valence-corrected chi connectivity index (χ2v) is 5.38. The Morgan fingerprint density at radius 2 is 1.13 bits per heavy atom. The lowest BCUT2D eigenvalue weighted by molar-refractivity contribution is -0.777. The van der Waals surface area contributed by atoms with E-state index in [0.717, 1.165) is 7.11 Å². The summed E-state index contributed by atoms with van der Waals surface area (Å²) >= 11 is -0.279. The summed E-state index contributed by atoms with van der Waals surface area (Å²) < 4.78 is 90.8. The van der Waals surface area contributed by atoms with Gasteiger partial charge in [-0.2, -0.15) is 4.33 Å². The van der Waals surface area contributed by atoms with E-state index in [0.29, 0.717) is 0 Å². The molecule has 0 bridgehead atoms. The molecule has 0 saturated carbocycles. The summed E-state index contributed by atoms with van der Waals surface area (Å²) in [5.41, 5.74) is 0. The Bertz CT molecular complexity index is 773. The van der Waals surface area contributed by atoms with E-state index in [4.69, 9.17) is 0 Å². The van der Waals surface area contributed by atoms with Gasteiger partial charge in [-0.05, 0) is 0 Å². The molecule has 12 heteroatoms. The van der Waals surface area contributed by atoms with Crippen LogP contribution in [0.4, 0.5) is 26.3 Å². The molecule has 0 amide bonds. The number of hydrogen-bond acceptors (Lipinski definition) is 6. The highest BCUT2D eigenvalue weighted by atomic mass is 32.2. The highest BCUT2D eigenvalue weighted by Gasteiger charge is 2.31. The zero-order valence-electron chi connectivity index (χ0n) is 10.7. The van der Waals surface area contributed by atoms with Gasteiger partial charge in [0.15, 0.2) is 34.9 Å². The minimum Gasteiger partial charge on any atom is -0.691 e. The summed E-state index contributed by atoms with van der Waals surface area (Å²) in [7, 11) is 0.999. The van der Waals surface area contributed by atoms with Crippen LogP contribution < -0.4 is 5.26 Å². The zero-order chi connectivity index (χ0) is 17.3. The topological polar surface area (TPSA) is 50.8 Å². The second-order valence-electron chi connectivity index (χ2n) is 3.76. The molecular weight excluding hydrogens is 374 g/mol. The second kappa shape index (κ2) is 7.15. The van der Waals surface area contributed by atoms with Crippen LogP contribution in [0.2, 0.25) is 0 Å². The monoisotopic (exact) mass is 377 g/mol. The number of halogens is 6. The van der Waals surface area contributed by atoms with E-state index in [9.17, 15) is 31.6 Å². The van der Waals surface area contributed by atoms with Crippen molar-refractivity contribution >= 4 is 34.9 Å². The fraction of sp³-hybridized carbons (Fsp3) is 0.0909. The Morgan fingerprint density at radius 1 is 0.696 bits per heavy atom. The molecule has 0 aliphatic rings. The molecule has 0 heterocycles. The van der Waals surface area contributed by atoms with Crippen LogP contribution in [-0.4, -0.2) is 7.11 Å². The van der Waals surface area contributed by atoms with Crippen LogP contribution in [0.1, 0.15) is 0 Å². The van der Waals surface area contributed by atoms with E-state index in [1.165, 1.54) is 0 Å². The average molecular weight is 377 g/mol. The summed E-state index contributed by atoms with van der Waals surface area (Å²) in [5, 5.41) is 10.4. The summed E-state index contributed by atoms with van der Waals surface area (Å²) in [6, 6.07) is 0. The van der Waals surface area contributed by atoms with Crippen molar-refractivity contribution in [3.63, 3.8) is 0 Å². The Hall–Kier alpha value is -1.18. The third-order valence-corrected chi connectivity index (χ3v) is 4.01. The van der Waals surface area contributed by atoms with Crippen molar-refractivity contribution < 1.29 is 45.2 Å². The number of rotatable bonds is 5. The van der Waals surface area contributed by atoms with Crippen LogP contribution >= 0.6 is 24.1 Å². The number of fused-ring (bicyclic) bond motifs is 1. The summed E-state index contributed by atoms with van der Waals surface area (Å²) in [6.45, 7) is 0. The normalized spacial score (nSPS) is 11.5. The maximum Gasteiger partial charge on any atom is 0.198 e. The molecule has 0 saturated heterocycles. The third kappa shape index (κ3) is 2.97. The van der Waals surface area contributed by atoms with Gasteiger partial charge in [-0.25, -0.2) is 26.3 Å². The van der Waals surface area contributed by atoms with E-state index < -0.39 is 55.5 Å². The molecule has 0 atom stereocenters. The molecule has 2 aromatic rings. The highest BCUT2D eigenvalue weighted by molar-refractivity contribution is 7.95. The predicted molar refractivity (Wildman–Crippen MR) is 64.6 cm³/mol. The predicted octanol–water partition coefficient (Wildman–Crippen LogP) is 3.56.